The maximum Gasteiger partial charge on any atom is 0.333 e. The summed E-state index contributed by atoms with van der Waals surface area (Å²) in [5.74, 6) is -0.607. The lowest BCUT2D eigenvalue weighted by molar-refractivity contribution is -0.139. The Bertz CT molecular complexity index is 279. The number of hydrogen-bond acceptors (Lipinski definition) is 4. The summed E-state index contributed by atoms with van der Waals surface area (Å²) >= 11 is 0. The Morgan fingerprint density at radius 1 is 0.941 bits per heavy atom. The van der Waals surface area contributed by atoms with Gasteiger partial charge in [-0.05, 0) is 27.2 Å². The molecule has 0 aliphatic rings. The fraction of sp³-hybridized carbons (Fsp3) is 0.538. The smallest absolute Gasteiger partial charge is 0.333 e. The highest BCUT2D eigenvalue weighted by Crippen LogP contribution is 1.92. The Morgan fingerprint density at radius 3 is 1.59 bits per heavy atom. The first-order valence-electron chi connectivity index (χ1n) is 5.52. The average Bonchev–Trinajstić information content (AvgIpc) is 2.26. The first kappa shape index (κ1) is 17.8. The molecule has 0 aromatic rings. The van der Waals surface area contributed by atoms with Gasteiger partial charge in [0.2, 0.25) is 0 Å². The highest BCUT2D eigenvalue weighted by atomic mass is 16.5. The van der Waals surface area contributed by atoms with Gasteiger partial charge in [0, 0.05) is 11.1 Å². The minimum Gasteiger partial charge on any atom is -0.463 e. The zero-order valence-corrected chi connectivity index (χ0v) is 11.2. The van der Waals surface area contributed by atoms with Gasteiger partial charge in [-0.3, -0.25) is 0 Å². The highest BCUT2D eigenvalue weighted by molar-refractivity contribution is 5.87. The zero-order chi connectivity index (χ0) is 13.8. The van der Waals surface area contributed by atoms with E-state index in [1.54, 1.807) is 20.8 Å². The van der Waals surface area contributed by atoms with E-state index in [2.05, 4.69) is 17.9 Å². The predicted octanol–water partition coefficient (Wildman–Crippen LogP) is 2.64. The number of carbonyl (C=O) groups is 2. The molecule has 0 atom stereocenters. The van der Waals surface area contributed by atoms with E-state index >= 15 is 0 Å². The lowest BCUT2D eigenvalue weighted by Gasteiger charge is -1.99. The Labute approximate surface area is 103 Å². The van der Waals surface area contributed by atoms with Crippen molar-refractivity contribution >= 4 is 11.9 Å². The topological polar surface area (TPSA) is 52.6 Å². The van der Waals surface area contributed by atoms with Crippen molar-refractivity contribution < 1.29 is 19.1 Å². The molecule has 0 aliphatic heterocycles. The van der Waals surface area contributed by atoms with Gasteiger partial charge in [0.15, 0.2) is 0 Å². The normalized spacial score (nSPS) is 8.47. The minimum atomic E-state index is -0.312. The molecule has 0 saturated heterocycles. The largest absolute Gasteiger partial charge is 0.463 e. The SMILES string of the molecule is C=C(C)C(=O)OCC.C=C(C)C(=O)OCCC. The third kappa shape index (κ3) is 12.4. The fourth-order valence-corrected chi connectivity index (χ4v) is 0.572. The van der Waals surface area contributed by atoms with E-state index in [1.165, 1.54) is 0 Å². The van der Waals surface area contributed by atoms with Gasteiger partial charge in [-0.25, -0.2) is 9.59 Å². The summed E-state index contributed by atoms with van der Waals surface area (Å²) in [7, 11) is 0. The summed E-state index contributed by atoms with van der Waals surface area (Å²) < 4.78 is 9.28. The molecule has 0 bridgehead atoms. The van der Waals surface area contributed by atoms with Crippen molar-refractivity contribution in [2.24, 2.45) is 0 Å². The van der Waals surface area contributed by atoms with Crippen LogP contribution in [0.4, 0.5) is 0 Å². The van der Waals surface area contributed by atoms with Gasteiger partial charge in [0.05, 0.1) is 13.2 Å². The maximum atomic E-state index is 10.6. The molecule has 17 heavy (non-hydrogen) atoms. The van der Waals surface area contributed by atoms with Gasteiger partial charge in [-0.15, -0.1) is 0 Å². The van der Waals surface area contributed by atoms with Crippen LogP contribution in [0, 0.1) is 0 Å². The molecular weight excluding hydrogens is 220 g/mol. The van der Waals surface area contributed by atoms with Crippen molar-refractivity contribution in [2.75, 3.05) is 13.2 Å². The number of esters is 2. The summed E-state index contributed by atoms with van der Waals surface area (Å²) in [6.45, 7) is 14.7. The second kappa shape index (κ2) is 10.9. The molecular formula is C13H22O4. The quantitative estimate of drug-likeness (QED) is 0.549. The lowest BCUT2D eigenvalue weighted by Crippen LogP contribution is -2.04. The Balaban J connectivity index is 0. The third-order valence-corrected chi connectivity index (χ3v) is 1.41. The van der Waals surface area contributed by atoms with Gasteiger partial charge in [-0.2, -0.15) is 0 Å². The molecule has 0 saturated carbocycles. The van der Waals surface area contributed by atoms with Gasteiger partial charge in [0.1, 0.15) is 0 Å². The molecule has 0 aliphatic carbocycles. The van der Waals surface area contributed by atoms with E-state index in [0.29, 0.717) is 24.4 Å². The molecule has 0 radical (unpaired) electrons. The van der Waals surface area contributed by atoms with Crippen molar-refractivity contribution in [3.63, 3.8) is 0 Å². The maximum absolute atomic E-state index is 10.6. The molecule has 0 fully saturated rings. The van der Waals surface area contributed by atoms with Gasteiger partial charge in [0.25, 0.3) is 0 Å². The molecule has 0 aromatic carbocycles. The van der Waals surface area contributed by atoms with Gasteiger partial charge >= 0.3 is 11.9 Å². The average molecular weight is 242 g/mol. The van der Waals surface area contributed by atoms with Crippen LogP contribution in [-0.2, 0) is 19.1 Å². The summed E-state index contributed by atoms with van der Waals surface area (Å²) in [6, 6.07) is 0. The van der Waals surface area contributed by atoms with Crippen LogP contribution in [-0.4, -0.2) is 25.2 Å². The minimum absolute atomic E-state index is 0.295. The van der Waals surface area contributed by atoms with Crippen molar-refractivity contribution in [1.82, 2.24) is 0 Å². The molecule has 0 aromatic heterocycles. The molecule has 98 valence electrons. The molecule has 0 spiro atoms. The van der Waals surface area contributed by atoms with E-state index in [9.17, 15) is 9.59 Å². The van der Waals surface area contributed by atoms with Crippen LogP contribution in [0.1, 0.15) is 34.1 Å². The molecule has 0 heterocycles. The van der Waals surface area contributed by atoms with Crippen molar-refractivity contribution in [3.8, 4) is 0 Å². The van der Waals surface area contributed by atoms with Gasteiger partial charge in [-0.1, -0.05) is 20.1 Å². The summed E-state index contributed by atoms with van der Waals surface area (Å²) in [6.07, 6.45) is 0.860. The molecule has 0 rings (SSSR count). The van der Waals surface area contributed by atoms with E-state index in [4.69, 9.17) is 4.74 Å². The van der Waals surface area contributed by atoms with Gasteiger partial charge < -0.3 is 9.47 Å². The first-order valence-corrected chi connectivity index (χ1v) is 5.52. The van der Waals surface area contributed by atoms with Crippen molar-refractivity contribution in [3.05, 3.63) is 24.3 Å². The number of rotatable bonds is 5. The summed E-state index contributed by atoms with van der Waals surface area (Å²) in [4.78, 5) is 21.0. The predicted molar refractivity (Wildman–Crippen MR) is 67.5 cm³/mol. The van der Waals surface area contributed by atoms with Crippen LogP contribution in [0.25, 0.3) is 0 Å². The Kier molecular flexibility index (Phi) is 11.4. The highest BCUT2D eigenvalue weighted by Gasteiger charge is 1.99. The number of carbonyl (C=O) groups excluding carboxylic acids is 2. The van der Waals surface area contributed by atoms with E-state index in [-0.39, 0.29) is 11.9 Å². The van der Waals surface area contributed by atoms with Crippen LogP contribution < -0.4 is 0 Å². The first-order chi connectivity index (χ1) is 7.86. The van der Waals surface area contributed by atoms with E-state index in [0.717, 1.165) is 6.42 Å². The van der Waals surface area contributed by atoms with Crippen LogP contribution in [0.15, 0.2) is 24.3 Å². The fourth-order valence-electron chi connectivity index (χ4n) is 0.572. The molecule has 4 nitrogen and oxygen atoms in total. The van der Waals surface area contributed by atoms with Crippen LogP contribution in [0.3, 0.4) is 0 Å². The van der Waals surface area contributed by atoms with E-state index in [1.807, 2.05) is 6.92 Å². The summed E-state index contributed by atoms with van der Waals surface area (Å²) in [5.41, 5.74) is 0.912. The van der Waals surface area contributed by atoms with Crippen molar-refractivity contribution in [1.29, 1.82) is 0 Å². The second-order valence-corrected chi connectivity index (χ2v) is 3.42. The standard InChI is InChI=1S/C7H12O2.C6H10O2/c1-4-5-9-7(8)6(2)3;1-4-8-6(7)5(2)3/h2,4-5H2,1,3H3;2,4H2,1,3H3. The molecule has 0 N–H and O–H groups in total. The van der Waals surface area contributed by atoms with Crippen molar-refractivity contribution in [2.45, 2.75) is 34.1 Å². The Hall–Kier alpha value is -1.58. The Morgan fingerprint density at radius 2 is 1.35 bits per heavy atom. The third-order valence-electron chi connectivity index (χ3n) is 1.41. The lowest BCUT2D eigenvalue weighted by atomic mass is 10.4. The van der Waals surface area contributed by atoms with Crippen LogP contribution in [0.2, 0.25) is 0 Å². The number of ether oxygens (including phenoxy) is 2. The second-order valence-electron chi connectivity index (χ2n) is 3.42. The van der Waals surface area contributed by atoms with E-state index < -0.39 is 0 Å². The van der Waals surface area contributed by atoms with Crippen LogP contribution in [0.5, 0.6) is 0 Å². The molecule has 4 heteroatoms. The molecule has 0 amide bonds. The molecule has 0 unspecified atom stereocenters. The summed E-state index contributed by atoms with van der Waals surface area (Å²) in [5, 5.41) is 0. The number of hydrogen-bond donors (Lipinski definition) is 0. The van der Waals surface area contributed by atoms with Crippen LogP contribution >= 0.6 is 0 Å². The monoisotopic (exact) mass is 242 g/mol. The zero-order valence-electron chi connectivity index (χ0n) is 11.2.